The van der Waals surface area contributed by atoms with Gasteiger partial charge in [-0.05, 0) is 37.8 Å². The van der Waals surface area contributed by atoms with Gasteiger partial charge in [-0.3, -0.25) is 4.98 Å². The van der Waals surface area contributed by atoms with Gasteiger partial charge in [0.05, 0.1) is 5.69 Å². The first-order valence-electron chi connectivity index (χ1n) is 9.45. The first-order valence-corrected chi connectivity index (χ1v) is 9.45. The van der Waals surface area contributed by atoms with Crippen LogP contribution in [0.2, 0.25) is 0 Å². The molecule has 2 aromatic heterocycles. The van der Waals surface area contributed by atoms with Crippen LogP contribution in [0.4, 0.5) is 5.82 Å². The van der Waals surface area contributed by atoms with Gasteiger partial charge in [0.15, 0.2) is 5.82 Å². The highest BCUT2D eigenvalue weighted by Gasteiger charge is 2.21. The summed E-state index contributed by atoms with van der Waals surface area (Å²) in [6.07, 6.45) is 5.54. The lowest BCUT2D eigenvalue weighted by Gasteiger charge is -2.32. The molecule has 0 atom stereocenters. The van der Waals surface area contributed by atoms with Crippen molar-refractivity contribution in [2.45, 2.75) is 19.8 Å². The van der Waals surface area contributed by atoms with Crippen molar-refractivity contribution < 1.29 is 5.11 Å². The molecular formula is C22H24N4O. The lowest BCUT2D eigenvalue weighted by Crippen LogP contribution is -2.35. The van der Waals surface area contributed by atoms with Crippen molar-refractivity contribution in [3.8, 4) is 22.6 Å². The standard InChI is InChI=1S/C22H24N4O/c1-16-4-6-18(7-5-16)20-13-21(26-11-8-17(15-27)9-12-26)25-22(24-20)19-3-2-10-23-14-19/h2-7,10,13-14,17,27H,8-9,11-12,15H2,1H3. The number of hydrogen-bond donors (Lipinski definition) is 1. The number of pyridine rings is 1. The third-order valence-electron chi connectivity index (χ3n) is 5.18. The van der Waals surface area contributed by atoms with Crippen molar-refractivity contribution in [3.05, 3.63) is 60.4 Å². The normalized spacial score (nSPS) is 15.1. The van der Waals surface area contributed by atoms with Crippen LogP contribution >= 0.6 is 0 Å². The molecule has 5 nitrogen and oxygen atoms in total. The molecule has 0 bridgehead atoms. The fourth-order valence-electron chi connectivity index (χ4n) is 3.44. The van der Waals surface area contributed by atoms with Crippen molar-refractivity contribution >= 4 is 5.82 Å². The Morgan fingerprint density at radius 2 is 1.81 bits per heavy atom. The minimum Gasteiger partial charge on any atom is -0.396 e. The molecule has 0 unspecified atom stereocenters. The van der Waals surface area contributed by atoms with E-state index >= 15 is 0 Å². The van der Waals surface area contributed by atoms with E-state index in [-0.39, 0.29) is 6.61 Å². The Hall–Kier alpha value is -2.79. The molecule has 0 amide bonds. The zero-order chi connectivity index (χ0) is 18.6. The maximum absolute atomic E-state index is 9.40. The summed E-state index contributed by atoms with van der Waals surface area (Å²) >= 11 is 0. The Morgan fingerprint density at radius 3 is 2.48 bits per heavy atom. The van der Waals surface area contributed by atoms with Gasteiger partial charge in [-0.15, -0.1) is 0 Å². The molecule has 1 aromatic carbocycles. The lowest BCUT2D eigenvalue weighted by atomic mass is 9.98. The van der Waals surface area contributed by atoms with Crippen LogP contribution in [0.3, 0.4) is 0 Å². The van der Waals surface area contributed by atoms with Crippen LogP contribution in [-0.4, -0.2) is 39.8 Å². The van der Waals surface area contributed by atoms with E-state index in [0.717, 1.165) is 48.6 Å². The Labute approximate surface area is 159 Å². The van der Waals surface area contributed by atoms with Gasteiger partial charge in [-0.2, -0.15) is 0 Å². The molecule has 0 aliphatic carbocycles. The van der Waals surface area contributed by atoms with E-state index in [4.69, 9.17) is 9.97 Å². The zero-order valence-corrected chi connectivity index (χ0v) is 15.5. The van der Waals surface area contributed by atoms with Crippen LogP contribution < -0.4 is 4.90 Å². The number of aryl methyl sites for hydroxylation is 1. The second-order valence-electron chi connectivity index (χ2n) is 7.16. The molecule has 0 saturated carbocycles. The maximum Gasteiger partial charge on any atom is 0.163 e. The summed E-state index contributed by atoms with van der Waals surface area (Å²) in [5, 5.41) is 9.40. The highest BCUT2D eigenvalue weighted by molar-refractivity contribution is 5.67. The largest absolute Gasteiger partial charge is 0.396 e. The van der Waals surface area contributed by atoms with E-state index < -0.39 is 0 Å². The highest BCUT2D eigenvalue weighted by atomic mass is 16.3. The fraction of sp³-hybridized carbons (Fsp3) is 0.318. The van der Waals surface area contributed by atoms with Gasteiger partial charge in [0.2, 0.25) is 0 Å². The van der Waals surface area contributed by atoms with Crippen molar-refractivity contribution in [2.75, 3.05) is 24.6 Å². The number of aliphatic hydroxyl groups is 1. The summed E-state index contributed by atoms with van der Waals surface area (Å²) in [6, 6.07) is 14.4. The molecule has 0 radical (unpaired) electrons. The Kier molecular flexibility index (Phi) is 5.12. The predicted molar refractivity (Wildman–Crippen MR) is 107 cm³/mol. The van der Waals surface area contributed by atoms with Crippen molar-refractivity contribution in [3.63, 3.8) is 0 Å². The van der Waals surface area contributed by atoms with Crippen LogP contribution in [0.15, 0.2) is 54.9 Å². The summed E-state index contributed by atoms with van der Waals surface area (Å²) in [5.74, 6) is 2.04. The molecule has 1 aliphatic heterocycles. The van der Waals surface area contributed by atoms with Gasteiger partial charge in [-0.1, -0.05) is 29.8 Å². The minimum atomic E-state index is 0.271. The van der Waals surface area contributed by atoms with Gasteiger partial charge in [-0.25, -0.2) is 9.97 Å². The van der Waals surface area contributed by atoms with Crippen LogP contribution in [0.1, 0.15) is 18.4 Å². The molecule has 1 aliphatic rings. The minimum absolute atomic E-state index is 0.271. The molecule has 3 aromatic rings. The lowest BCUT2D eigenvalue weighted by molar-refractivity contribution is 0.203. The molecule has 1 saturated heterocycles. The van der Waals surface area contributed by atoms with E-state index in [1.165, 1.54) is 5.56 Å². The molecule has 5 heteroatoms. The average Bonchev–Trinajstić information content (AvgIpc) is 2.74. The van der Waals surface area contributed by atoms with E-state index in [1.807, 2.05) is 12.1 Å². The van der Waals surface area contributed by atoms with Crippen LogP contribution in [0.5, 0.6) is 0 Å². The third kappa shape index (κ3) is 3.98. The van der Waals surface area contributed by atoms with E-state index in [1.54, 1.807) is 12.4 Å². The number of hydrogen-bond acceptors (Lipinski definition) is 5. The predicted octanol–water partition coefficient (Wildman–Crippen LogP) is 3.72. The van der Waals surface area contributed by atoms with Crippen LogP contribution in [0.25, 0.3) is 22.6 Å². The number of rotatable bonds is 4. The first-order chi connectivity index (χ1) is 13.2. The number of aliphatic hydroxyl groups excluding tert-OH is 1. The number of piperidine rings is 1. The SMILES string of the molecule is Cc1ccc(-c2cc(N3CCC(CO)CC3)nc(-c3cccnc3)n2)cc1. The van der Waals surface area contributed by atoms with Crippen molar-refractivity contribution in [1.29, 1.82) is 0 Å². The summed E-state index contributed by atoms with van der Waals surface area (Å²) in [6.45, 7) is 4.17. The summed E-state index contributed by atoms with van der Waals surface area (Å²) in [4.78, 5) is 16.2. The van der Waals surface area contributed by atoms with E-state index in [9.17, 15) is 5.11 Å². The summed E-state index contributed by atoms with van der Waals surface area (Å²) in [7, 11) is 0. The average molecular weight is 360 g/mol. The number of anilines is 1. The van der Waals surface area contributed by atoms with Crippen molar-refractivity contribution in [1.82, 2.24) is 15.0 Å². The second-order valence-corrected chi connectivity index (χ2v) is 7.16. The van der Waals surface area contributed by atoms with E-state index in [2.05, 4.69) is 47.1 Å². The zero-order valence-electron chi connectivity index (χ0n) is 15.5. The Morgan fingerprint density at radius 1 is 1.04 bits per heavy atom. The number of benzene rings is 1. The van der Waals surface area contributed by atoms with Crippen LogP contribution in [-0.2, 0) is 0 Å². The molecule has 3 heterocycles. The molecule has 1 fully saturated rings. The molecule has 4 rings (SSSR count). The molecule has 138 valence electrons. The van der Waals surface area contributed by atoms with Gasteiger partial charge >= 0.3 is 0 Å². The van der Waals surface area contributed by atoms with Gasteiger partial charge in [0.1, 0.15) is 5.82 Å². The quantitative estimate of drug-likeness (QED) is 0.768. The summed E-state index contributed by atoms with van der Waals surface area (Å²) in [5.41, 5.74) is 4.15. The summed E-state index contributed by atoms with van der Waals surface area (Å²) < 4.78 is 0. The number of nitrogens with zero attached hydrogens (tertiary/aromatic N) is 4. The maximum atomic E-state index is 9.40. The van der Waals surface area contributed by atoms with Gasteiger partial charge < -0.3 is 10.0 Å². The molecule has 0 spiro atoms. The fourth-order valence-corrected chi connectivity index (χ4v) is 3.44. The van der Waals surface area contributed by atoms with E-state index in [0.29, 0.717) is 11.7 Å². The van der Waals surface area contributed by atoms with Crippen molar-refractivity contribution in [2.24, 2.45) is 5.92 Å². The Bertz CT molecular complexity index is 888. The molecule has 27 heavy (non-hydrogen) atoms. The monoisotopic (exact) mass is 360 g/mol. The topological polar surface area (TPSA) is 62.1 Å². The first kappa shape index (κ1) is 17.6. The second kappa shape index (κ2) is 7.84. The smallest absolute Gasteiger partial charge is 0.163 e. The highest BCUT2D eigenvalue weighted by Crippen LogP contribution is 2.28. The van der Waals surface area contributed by atoms with Crippen LogP contribution in [0, 0.1) is 12.8 Å². The molecular weight excluding hydrogens is 336 g/mol. The van der Waals surface area contributed by atoms with Gasteiger partial charge in [0, 0.05) is 49.3 Å². The Balaban J connectivity index is 1.74. The number of aromatic nitrogens is 3. The molecule has 1 N–H and O–H groups in total. The third-order valence-corrected chi connectivity index (χ3v) is 5.18. The van der Waals surface area contributed by atoms with Gasteiger partial charge in [0.25, 0.3) is 0 Å².